The molecule has 0 aliphatic heterocycles. The molecule has 23 heavy (non-hydrogen) atoms. The number of nitrogens with zero attached hydrogens (tertiary/aromatic N) is 3. The molecule has 2 aromatic heterocycles. The number of imidazole rings is 1. The molecule has 0 amide bonds. The monoisotopic (exact) mass is 391 g/mol. The van der Waals surface area contributed by atoms with Gasteiger partial charge in [-0.1, -0.05) is 23.7 Å². The summed E-state index contributed by atoms with van der Waals surface area (Å²) in [5.74, 6) is -0.943. The van der Waals surface area contributed by atoms with E-state index in [9.17, 15) is 9.90 Å². The van der Waals surface area contributed by atoms with Gasteiger partial charge in [0.1, 0.15) is 6.54 Å². The minimum Gasteiger partial charge on any atom is -0.480 e. The number of carbonyl (C=O) groups is 1. The molecule has 1 N–H and O–H groups in total. The summed E-state index contributed by atoms with van der Waals surface area (Å²) in [4.78, 5) is 19.7. The molecule has 0 aliphatic rings. The van der Waals surface area contributed by atoms with Gasteiger partial charge in [-0.15, -0.1) is 0 Å². The lowest BCUT2D eigenvalue weighted by molar-refractivity contribution is -0.137. The number of halogens is 2. The summed E-state index contributed by atoms with van der Waals surface area (Å²) in [6.07, 6.45) is 3.32. The Morgan fingerprint density at radius 2 is 1.78 bits per heavy atom. The normalized spacial score (nSPS) is 10.7. The van der Waals surface area contributed by atoms with Gasteiger partial charge in [0.05, 0.1) is 11.4 Å². The van der Waals surface area contributed by atoms with E-state index < -0.39 is 5.97 Å². The van der Waals surface area contributed by atoms with E-state index in [1.165, 1.54) is 0 Å². The Morgan fingerprint density at radius 3 is 2.39 bits per heavy atom. The minimum atomic E-state index is -0.943. The van der Waals surface area contributed by atoms with Crippen LogP contribution in [0.4, 0.5) is 0 Å². The molecule has 0 saturated carbocycles. The first kappa shape index (κ1) is 15.7. The summed E-state index contributed by atoms with van der Waals surface area (Å²) < 4.78 is 2.07. The van der Waals surface area contributed by atoms with Crippen LogP contribution in [0.1, 0.15) is 0 Å². The Kier molecular flexibility index (Phi) is 4.45. The van der Waals surface area contributed by atoms with Gasteiger partial charge in [0.2, 0.25) is 0 Å². The van der Waals surface area contributed by atoms with Crippen LogP contribution in [-0.2, 0) is 11.3 Å². The van der Waals surface area contributed by atoms with Crippen LogP contribution in [0.25, 0.3) is 22.5 Å². The molecular formula is C16H11BrClN3O2. The fourth-order valence-electron chi connectivity index (χ4n) is 2.32. The molecule has 3 aromatic rings. The SMILES string of the molecule is O=C(O)Cn1c(Br)nc(-c2ccc(Cl)cc2)c1-c1ccncc1. The lowest BCUT2D eigenvalue weighted by atomic mass is 10.1. The van der Waals surface area contributed by atoms with Gasteiger partial charge in [0.15, 0.2) is 4.73 Å². The molecule has 0 saturated heterocycles. The zero-order valence-corrected chi connectivity index (χ0v) is 14.1. The third-order valence-corrected chi connectivity index (χ3v) is 4.14. The van der Waals surface area contributed by atoms with E-state index in [1.807, 2.05) is 24.3 Å². The largest absolute Gasteiger partial charge is 0.480 e. The predicted molar refractivity (Wildman–Crippen MR) is 91.2 cm³/mol. The second-order valence-electron chi connectivity index (χ2n) is 4.80. The molecule has 7 heteroatoms. The van der Waals surface area contributed by atoms with Crippen LogP contribution in [0.2, 0.25) is 5.02 Å². The van der Waals surface area contributed by atoms with Crippen molar-refractivity contribution in [1.29, 1.82) is 0 Å². The second kappa shape index (κ2) is 6.52. The lowest BCUT2D eigenvalue weighted by Gasteiger charge is -2.09. The first-order valence-electron chi connectivity index (χ1n) is 6.70. The van der Waals surface area contributed by atoms with Crippen molar-refractivity contribution in [3.05, 3.63) is 58.5 Å². The number of hydrogen-bond acceptors (Lipinski definition) is 3. The predicted octanol–water partition coefficient (Wildman–Crippen LogP) is 4.11. The van der Waals surface area contributed by atoms with Crippen molar-refractivity contribution in [2.24, 2.45) is 0 Å². The number of carboxylic acids is 1. The maximum atomic E-state index is 11.2. The van der Waals surface area contributed by atoms with E-state index in [4.69, 9.17) is 11.6 Å². The Bertz CT molecular complexity index is 848. The number of pyridine rings is 1. The topological polar surface area (TPSA) is 68.0 Å². The van der Waals surface area contributed by atoms with E-state index in [0.29, 0.717) is 21.1 Å². The Morgan fingerprint density at radius 1 is 1.13 bits per heavy atom. The van der Waals surface area contributed by atoms with Gasteiger partial charge in [-0.25, -0.2) is 4.98 Å². The molecule has 2 heterocycles. The summed E-state index contributed by atoms with van der Waals surface area (Å²) in [5, 5.41) is 9.81. The Balaban J connectivity index is 2.23. The maximum absolute atomic E-state index is 11.2. The molecule has 5 nitrogen and oxygen atoms in total. The molecular weight excluding hydrogens is 382 g/mol. The highest BCUT2D eigenvalue weighted by Gasteiger charge is 2.20. The van der Waals surface area contributed by atoms with Crippen molar-refractivity contribution in [2.45, 2.75) is 6.54 Å². The average molecular weight is 393 g/mol. The molecule has 116 valence electrons. The first-order chi connectivity index (χ1) is 11.1. The molecule has 1 aromatic carbocycles. The van der Waals surface area contributed by atoms with Crippen molar-refractivity contribution in [3.63, 3.8) is 0 Å². The van der Waals surface area contributed by atoms with E-state index in [2.05, 4.69) is 25.9 Å². The summed E-state index contributed by atoms with van der Waals surface area (Å²) in [6, 6.07) is 10.9. The van der Waals surface area contributed by atoms with Crippen molar-refractivity contribution in [3.8, 4) is 22.5 Å². The van der Waals surface area contributed by atoms with E-state index in [1.54, 1.807) is 29.1 Å². The first-order valence-corrected chi connectivity index (χ1v) is 7.87. The molecule has 0 radical (unpaired) electrons. The molecule has 0 fully saturated rings. The summed E-state index contributed by atoms with van der Waals surface area (Å²) in [6.45, 7) is -0.196. The highest BCUT2D eigenvalue weighted by molar-refractivity contribution is 9.10. The minimum absolute atomic E-state index is 0.196. The number of hydrogen-bond donors (Lipinski definition) is 1. The van der Waals surface area contributed by atoms with Gasteiger partial charge < -0.3 is 9.67 Å². The third-order valence-electron chi connectivity index (χ3n) is 3.29. The summed E-state index contributed by atoms with van der Waals surface area (Å²) >= 11 is 9.29. The lowest BCUT2D eigenvalue weighted by Crippen LogP contribution is -2.10. The van der Waals surface area contributed by atoms with E-state index >= 15 is 0 Å². The van der Waals surface area contributed by atoms with Crippen LogP contribution >= 0.6 is 27.5 Å². The van der Waals surface area contributed by atoms with E-state index in [0.717, 1.165) is 11.1 Å². The molecule has 0 bridgehead atoms. The molecule has 0 spiro atoms. The zero-order chi connectivity index (χ0) is 16.4. The van der Waals surface area contributed by atoms with Crippen molar-refractivity contribution < 1.29 is 9.90 Å². The molecule has 3 rings (SSSR count). The van der Waals surface area contributed by atoms with Gasteiger partial charge in [0, 0.05) is 28.5 Å². The van der Waals surface area contributed by atoms with Crippen LogP contribution in [0.5, 0.6) is 0 Å². The fourth-order valence-corrected chi connectivity index (χ4v) is 2.92. The van der Waals surface area contributed by atoms with Crippen molar-refractivity contribution in [2.75, 3.05) is 0 Å². The van der Waals surface area contributed by atoms with Crippen LogP contribution in [0.15, 0.2) is 53.5 Å². The van der Waals surface area contributed by atoms with Crippen LogP contribution in [0, 0.1) is 0 Å². The smallest absolute Gasteiger partial charge is 0.323 e. The summed E-state index contributed by atoms with van der Waals surface area (Å²) in [5.41, 5.74) is 3.08. The number of rotatable bonds is 4. The fraction of sp³-hybridized carbons (Fsp3) is 0.0625. The number of aromatic nitrogens is 3. The number of aliphatic carboxylic acids is 1. The van der Waals surface area contributed by atoms with Gasteiger partial charge >= 0.3 is 5.97 Å². The molecule has 0 unspecified atom stereocenters. The number of benzene rings is 1. The maximum Gasteiger partial charge on any atom is 0.323 e. The van der Waals surface area contributed by atoms with Crippen LogP contribution in [-0.4, -0.2) is 25.6 Å². The zero-order valence-electron chi connectivity index (χ0n) is 11.8. The van der Waals surface area contributed by atoms with Crippen LogP contribution in [0.3, 0.4) is 0 Å². The standard InChI is InChI=1S/C16H11BrClN3O2/c17-16-20-14(10-1-3-12(18)4-2-10)15(21(16)9-13(22)23)11-5-7-19-8-6-11/h1-8H,9H2,(H,22,23). The van der Waals surface area contributed by atoms with Crippen molar-refractivity contribution >= 4 is 33.5 Å². The van der Waals surface area contributed by atoms with Gasteiger partial charge in [-0.3, -0.25) is 9.78 Å². The summed E-state index contributed by atoms with van der Waals surface area (Å²) in [7, 11) is 0. The average Bonchev–Trinajstić information content (AvgIpc) is 2.85. The van der Waals surface area contributed by atoms with Gasteiger partial charge in [-0.2, -0.15) is 0 Å². The number of carboxylic acid groups (broad SMARTS) is 1. The molecule has 0 aliphatic carbocycles. The van der Waals surface area contributed by atoms with E-state index in [-0.39, 0.29) is 6.54 Å². The third kappa shape index (κ3) is 3.28. The van der Waals surface area contributed by atoms with Crippen LogP contribution < -0.4 is 0 Å². The Hall–Kier alpha value is -2.18. The highest BCUT2D eigenvalue weighted by Crippen LogP contribution is 2.34. The highest BCUT2D eigenvalue weighted by atomic mass is 79.9. The van der Waals surface area contributed by atoms with Gasteiger partial charge in [-0.05, 0) is 40.2 Å². The second-order valence-corrected chi connectivity index (χ2v) is 5.95. The Labute approximate surface area is 145 Å². The van der Waals surface area contributed by atoms with Crippen molar-refractivity contribution in [1.82, 2.24) is 14.5 Å². The molecule has 0 atom stereocenters. The quantitative estimate of drug-likeness (QED) is 0.725. The van der Waals surface area contributed by atoms with Gasteiger partial charge in [0.25, 0.3) is 0 Å².